The predicted molar refractivity (Wildman–Crippen MR) is 70.0 cm³/mol. The van der Waals surface area contributed by atoms with E-state index in [1.165, 1.54) is 0 Å². The molecule has 0 N–H and O–H groups in total. The zero-order valence-electron chi connectivity index (χ0n) is 10.9. The van der Waals surface area contributed by atoms with Crippen molar-refractivity contribution in [2.24, 2.45) is 11.8 Å². The molecular formula is C14H18O3S. The Hall–Kier alpha value is -1.16. The van der Waals surface area contributed by atoms with Crippen LogP contribution < -0.4 is 0 Å². The first kappa shape index (κ1) is 13.3. The van der Waals surface area contributed by atoms with Crippen molar-refractivity contribution in [2.45, 2.75) is 36.8 Å². The average Bonchev–Trinajstić information content (AvgIpc) is 3.03. The molecule has 0 unspecified atom stereocenters. The molecule has 98 valence electrons. The number of carbonyl (C=O) groups is 1. The van der Waals surface area contributed by atoms with E-state index in [9.17, 15) is 13.2 Å². The normalized spacial score (nSPS) is 27.2. The number of hydrogen-bond donors (Lipinski definition) is 0. The van der Waals surface area contributed by atoms with Gasteiger partial charge >= 0.3 is 0 Å². The lowest BCUT2D eigenvalue weighted by atomic mass is 10.0. The van der Waals surface area contributed by atoms with Gasteiger partial charge in [0.05, 0.1) is 4.90 Å². The second kappa shape index (κ2) is 4.19. The van der Waals surface area contributed by atoms with Crippen LogP contribution in [0.2, 0.25) is 0 Å². The van der Waals surface area contributed by atoms with Crippen LogP contribution in [0, 0.1) is 11.8 Å². The molecular weight excluding hydrogens is 248 g/mol. The molecule has 0 heterocycles. The van der Waals surface area contributed by atoms with Crippen molar-refractivity contribution in [3.63, 3.8) is 0 Å². The minimum absolute atomic E-state index is 0.0855. The van der Waals surface area contributed by atoms with Gasteiger partial charge in [0, 0.05) is 5.92 Å². The molecule has 0 spiro atoms. The minimum Gasteiger partial charge on any atom is -0.298 e. The number of carbonyl (C=O) groups excluding carboxylic acids is 1. The molecule has 0 amide bonds. The molecule has 2 rings (SSSR count). The molecule has 1 aliphatic rings. The van der Waals surface area contributed by atoms with Gasteiger partial charge in [-0.1, -0.05) is 39.0 Å². The smallest absolute Gasteiger partial charge is 0.191 e. The number of hydrogen-bond acceptors (Lipinski definition) is 3. The van der Waals surface area contributed by atoms with Gasteiger partial charge in [-0.25, -0.2) is 8.42 Å². The third-order valence-electron chi connectivity index (χ3n) is 3.72. The highest BCUT2D eigenvalue weighted by molar-refractivity contribution is 7.94. The van der Waals surface area contributed by atoms with Gasteiger partial charge in [0.2, 0.25) is 0 Å². The predicted octanol–water partition coefficient (Wildman–Crippen LogP) is 2.46. The number of Topliss-reactive ketones (excluding diaryl/α,β-unsaturated/α-hetero) is 1. The van der Waals surface area contributed by atoms with Gasteiger partial charge < -0.3 is 0 Å². The van der Waals surface area contributed by atoms with E-state index >= 15 is 0 Å². The van der Waals surface area contributed by atoms with Crippen LogP contribution in [0.1, 0.15) is 27.2 Å². The molecule has 2 atom stereocenters. The monoisotopic (exact) mass is 266 g/mol. The summed E-state index contributed by atoms with van der Waals surface area (Å²) in [5.74, 6) is -0.495. The largest absolute Gasteiger partial charge is 0.298 e. The molecule has 0 aliphatic heterocycles. The van der Waals surface area contributed by atoms with Crippen LogP contribution >= 0.6 is 0 Å². The Balaban J connectivity index is 2.50. The van der Waals surface area contributed by atoms with Crippen molar-refractivity contribution >= 4 is 15.6 Å². The summed E-state index contributed by atoms with van der Waals surface area (Å²) < 4.78 is 24.1. The zero-order chi connectivity index (χ0) is 13.6. The van der Waals surface area contributed by atoms with Gasteiger partial charge in [-0.2, -0.15) is 0 Å². The highest BCUT2D eigenvalue weighted by Crippen LogP contribution is 2.54. The van der Waals surface area contributed by atoms with Crippen LogP contribution in [0.3, 0.4) is 0 Å². The van der Waals surface area contributed by atoms with Crippen LogP contribution in [0.25, 0.3) is 0 Å². The fourth-order valence-corrected chi connectivity index (χ4v) is 4.98. The maximum absolute atomic E-state index is 12.7. The highest BCUT2D eigenvalue weighted by Gasteiger charge is 2.66. The van der Waals surface area contributed by atoms with Gasteiger partial charge in [-0.15, -0.1) is 0 Å². The van der Waals surface area contributed by atoms with Crippen LogP contribution in [-0.2, 0) is 14.6 Å². The lowest BCUT2D eigenvalue weighted by Crippen LogP contribution is -2.37. The Morgan fingerprint density at radius 1 is 1.28 bits per heavy atom. The average molecular weight is 266 g/mol. The summed E-state index contributed by atoms with van der Waals surface area (Å²) in [6.07, 6.45) is 0.446. The summed E-state index contributed by atoms with van der Waals surface area (Å²) in [4.78, 5) is 12.5. The van der Waals surface area contributed by atoms with Crippen LogP contribution in [0.4, 0.5) is 0 Å². The number of benzene rings is 1. The molecule has 1 fully saturated rings. The number of rotatable bonds is 4. The fourth-order valence-electron chi connectivity index (χ4n) is 2.54. The number of ketones is 1. The van der Waals surface area contributed by atoms with Crippen molar-refractivity contribution in [1.29, 1.82) is 0 Å². The summed E-state index contributed by atoms with van der Waals surface area (Å²) in [5, 5.41) is 0. The van der Waals surface area contributed by atoms with E-state index in [0.29, 0.717) is 6.42 Å². The molecule has 0 bridgehead atoms. The molecule has 1 aromatic carbocycles. The van der Waals surface area contributed by atoms with Gasteiger partial charge in [-0.05, 0) is 24.5 Å². The zero-order valence-corrected chi connectivity index (χ0v) is 11.7. The van der Waals surface area contributed by atoms with Crippen molar-refractivity contribution in [3.05, 3.63) is 30.3 Å². The van der Waals surface area contributed by atoms with Gasteiger partial charge in [0.15, 0.2) is 15.6 Å². The third kappa shape index (κ3) is 1.70. The Morgan fingerprint density at radius 3 is 2.17 bits per heavy atom. The molecule has 0 saturated heterocycles. The van der Waals surface area contributed by atoms with Crippen LogP contribution in [-0.4, -0.2) is 18.9 Å². The second-order valence-corrected chi connectivity index (χ2v) is 7.54. The minimum atomic E-state index is -3.57. The molecule has 4 heteroatoms. The molecule has 1 aliphatic carbocycles. The summed E-state index contributed by atoms with van der Waals surface area (Å²) >= 11 is 0. The third-order valence-corrected chi connectivity index (χ3v) is 6.34. The summed E-state index contributed by atoms with van der Waals surface area (Å²) in [6.45, 7) is 5.35. The second-order valence-electron chi connectivity index (χ2n) is 5.33. The standard InChI is InChI=1S/C14H18O3S/c1-10(2)13(15)14(9-11(14)3)18(16,17)12-7-5-4-6-8-12/h4-8,10-11H,9H2,1-3H3/t11-,14-/m1/s1. The Kier molecular flexibility index (Phi) is 3.09. The Bertz CT molecular complexity index is 560. The lowest BCUT2D eigenvalue weighted by Gasteiger charge is -2.18. The molecule has 0 aromatic heterocycles. The molecule has 3 nitrogen and oxygen atoms in total. The lowest BCUT2D eigenvalue weighted by molar-refractivity contribution is -0.122. The maximum atomic E-state index is 12.7. The first-order valence-corrected chi connectivity index (χ1v) is 7.66. The first-order valence-electron chi connectivity index (χ1n) is 6.18. The van der Waals surface area contributed by atoms with Gasteiger partial charge in [0.25, 0.3) is 0 Å². The van der Waals surface area contributed by atoms with Crippen molar-refractivity contribution in [3.8, 4) is 0 Å². The SMILES string of the molecule is CC(C)C(=O)[C@@]1(S(=O)(=O)c2ccccc2)C[C@H]1C. The van der Waals surface area contributed by atoms with E-state index in [-0.39, 0.29) is 22.5 Å². The van der Waals surface area contributed by atoms with E-state index in [2.05, 4.69) is 0 Å². The molecule has 1 aromatic rings. The van der Waals surface area contributed by atoms with E-state index < -0.39 is 14.6 Å². The van der Waals surface area contributed by atoms with Crippen molar-refractivity contribution in [2.75, 3.05) is 0 Å². The van der Waals surface area contributed by atoms with Crippen LogP contribution in [0.5, 0.6) is 0 Å². The van der Waals surface area contributed by atoms with Crippen LogP contribution in [0.15, 0.2) is 35.2 Å². The highest BCUT2D eigenvalue weighted by atomic mass is 32.2. The maximum Gasteiger partial charge on any atom is 0.191 e. The first-order chi connectivity index (χ1) is 8.34. The van der Waals surface area contributed by atoms with Gasteiger partial charge in [0.1, 0.15) is 4.75 Å². The Labute approximate surface area is 108 Å². The quantitative estimate of drug-likeness (QED) is 0.841. The van der Waals surface area contributed by atoms with Gasteiger partial charge in [-0.3, -0.25) is 4.79 Å². The topological polar surface area (TPSA) is 51.2 Å². The van der Waals surface area contributed by atoms with E-state index in [1.54, 1.807) is 44.2 Å². The fraction of sp³-hybridized carbons (Fsp3) is 0.500. The summed E-state index contributed by atoms with van der Waals surface area (Å²) in [6, 6.07) is 8.28. The van der Waals surface area contributed by atoms with E-state index in [1.807, 2.05) is 6.92 Å². The van der Waals surface area contributed by atoms with Crippen molar-refractivity contribution < 1.29 is 13.2 Å². The molecule has 1 saturated carbocycles. The van der Waals surface area contributed by atoms with E-state index in [4.69, 9.17) is 0 Å². The Morgan fingerprint density at radius 2 is 1.78 bits per heavy atom. The summed E-state index contributed by atoms with van der Waals surface area (Å²) in [5.41, 5.74) is 0. The van der Waals surface area contributed by atoms with E-state index in [0.717, 1.165) is 0 Å². The number of sulfone groups is 1. The summed E-state index contributed by atoms with van der Waals surface area (Å²) in [7, 11) is -3.57. The van der Waals surface area contributed by atoms with Crippen molar-refractivity contribution in [1.82, 2.24) is 0 Å². The molecule has 0 radical (unpaired) electrons. The molecule has 18 heavy (non-hydrogen) atoms.